The van der Waals surface area contributed by atoms with Gasteiger partial charge in [-0.05, 0) is 31.9 Å². The number of carbonyl (C=O) groups is 2. The largest absolute Gasteiger partial charge is 0.356 e. The van der Waals surface area contributed by atoms with Crippen LogP contribution in [-0.4, -0.2) is 36.3 Å². The van der Waals surface area contributed by atoms with E-state index in [1.807, 2.05) is 24.0 Å². The van der Waals surface area contributed by atoms with E-state index in [9.17, 15) is 9.59 Å². The lowest BCUT2D eigenvalue weighted by Crippen LogP contribution is -2.35. The Morgan fingerprint density at radius 2 is 2.00 bits per heavy atom. The summed E-state index contributed by atoms with van der Waals surface area (Å²) in [4.78, 5) is 27.9. The molecular formula is C15H22N2O2S. The van der Waals surface area contributed by atoms with Crippen LogP contribution in [0, 0.1) is 6.92 Å². The van der Waals surface area contributed by atoms with Gasteiger partial charge in [0.25, 0.3) is 5.91 Å². The summed E-state index contributed by atoms with van der Waals surface area (Å²) in [6.45, 7) is 4.03. The molecule has 0 aliphatic carbocycles. The number of nitrogens with zero attached hydrogens (tertiary/aromatic N) is 1. The molecule has 2 amide bonds. The minimum absolute atomic E-state index is 0.0482. The van der Waals surface area contributed by atoms with Crippen LogP contribution in [0.1, 0.15) is 46.7 Å². The molecule has 0 saturated carbocycles. The molecule has 0 spiro atoms. The van der Waals surface area contributed by atoms with Crippen LogP contribution in [-0.2, 0) is 4.79 Å². The van der Waals surface area contributed by atoms with Crippen molar-refractivity contribution >= 4 is 23.2 Å². The SMILES string of the molecule is Cc1ccc(C(=O)N2CCCCCCNC(=O)CC2)s1. The summed E-state index contributed by atoms with van der Waals surface area (Å²) < 4.78 is 0. The molecule has 2 heterocycles. The first-order valence-electron chi connectivity index (χ1n) is 7.29. The highest BCUT2D eigenvalue weighted by atomic mass is 32.1. The van der Waals surface area contributed by atoms with Crippen LogP contribution in [0.2, 0.25) is 0 Å². The van der Waals surface area contributed by atoms with E-state index in [4.69, 9.17) is 0 Å². The number of hydrogen-bond donors (Lipinski definition) is 1. The zero-order valence-corrected chi connectivity index (χ0v) is 12.8. The van der Waals surface area contributed by atoms with E-state index < -0.39 is 0 Å². The van der Waals surface area contributed by atoms with Gasteiger partial charge < -0.3 is 10.2 Å². The second-order valence-electron chi connectivity index (χ2n) is 5.22. The second kappa shape index (κ2) is 7.43. The molecule has 20 heavy (non-hydrogen) atoms. The minimum Gasteiger partial charge on any atom is -0.356 e. The lowest BCUT2D eigenvalue weighted by Gasteiger charge is -2.21. The number of carbonyl (C=O) groups excluding carboxylic acids is 2. The van der Waals surface area contributed by atoms with Gasteiger partial charge in [-0.15, -0.1) is 11.3 Å². The van der Waals surface area contributed by atoms with Crippen molar-refractivity contribution in [2.45, 2.75) is 39.0 Å². The Morgan fingerprint density at radius 1 is 1.20 bits per heavy atom. The Kier molecular flexibility index (Phi) is 5.59. The number of rotatable bonds is 1. The molecule has 1 aliphatic rings. The molecule has 0 atom stereocenters. The molecule has 1 N–H and O–H groups in total. The zero-order chi connectivity index (χ0) is 14.4. The van der Waals surface area contributed by atoms with Gasteiger partial charge in [-0.3, -0.25) is 9.59 Å². The molecule has 5 heteroatoms. The molecule has 2 rings (SSSR count). The topological polar surface area (TPSA) is 49.4 Å². The molecule has 0 radical (unpaired) electrons. The number of aryl methyl sites for hydroxylation is 1. The van der Waals surface area contributed by atoms with Crippen molar-refractivity contribution in [2.75, 3.05) is 19.6 Å². The van der Waals surface area contributed by atoms with Crippen molar-refractivity contribution in [2.24, 2.45) is 0 Å². The fourth-order valence-corrected chi connectivity index (χ4v) is 3.19. The zero-order valence-electron chi connectivity index (χ0n) is 12.0. The summed E-state index contributed by atoms with van der Waals surface area (Å²) in [5, 5.41) is 2.91. The van der Waals surface area contributed by atoms with E-state index in [1.165, 1.54) is 11.3 Å². The summed E-state index contributed by atoms with van der Waals surface area (Å²) in [6, 6.07) is 3.85. The van der Waals surface area contributed by atoms with Crippen molar-refractivity contribution in [3.8, 4) is 0 Å². The first-order chi connectivity index (χ1) is 9.66. The molecule has 1 aromatic rings. The van der Waals surface area contributed by atoms with Gasteiger partial charge in [-0.25, -0.2) is 0 Å². The third kappa shape index (κ3) is 4.34. The highest BCUT2D eigenvalue weighted by Crippen LogP contribution is 2.18. The van der Waals surface area contributed by atoms with E-state index in [1.54, 1.807) is 0 Å². The van der Waals surface area contributed by atoms with Crippen molar-refractivity contribution in [1.29, 1.82) is 0 Å². The van der Waals surface area contributed by atoms with E-state index in [-0.39, 0.29) is 11.8 Å². The van der Waals surface area contributed by atoms with Gasteiger partial charge in [0.05, 0.1) is 4.88 Å². The predicted octanol–water partition coefficient (Wildman–Crippen LogP) is 2.58. The smallest absolute Gasteiger partial charge is 0.263 e. The molecule has 1 fully saturated rings. The standard InChI is InChI=1S/C15H22N2O2S/c1-12-6-7-13(20-12)15(19)17-10-5-3-2-4-9-16-14(18)8-11-17/h6-7H,2-5,8-11H2,1H3,(H,16,18). The normalized spacial score (nSPS) is 18.2. The maximum atomic E-state index is 12.5. The predicted molar refractivity (Wildman–Crippen MR) is 81.1 cm³/mol. The molecule has 1 aliphatic heterocycles. The quantitative estimate of drug-likeness (QED) is 0.865. The summed E-state index contributed by atoms with van der Waals surface area (Å²) in [7, 11) is 0. The summed E-state index contributed by atoms with van der Waals surface area (Å²) >= 11 is 1.52. The average molecular weight is 294 g/mol. The molecule has 0 aromatic carbocycles. The Bertz CT molecular complexity index is 470. The van der Waals surface area contributed by atoms with Gasteiger partial charge in [0.1, 0.15) is 0 Å². The maximum absolute atomic E-state index is 12.5. The van der Waals surface area contributed by atoms with Crippen molar-refractivity contribution in [1.82, 2.24) is 10.2 Å². The minimum atomic E-state index is 0.0482. The molecular weight excluding hydrogens is 272 g/mol. The number of amides is 2. The Balaban J connectivity index is 2.01. The van der Waals surface area contributed by atoms with Gasteiger partial charge in [0.2, 0.25) is 5.91 Å². The fourth-order valence-electron chi connectivity index (χ4n) is 2.35. The number of thiophene rings is 1. The third-order valence-electron chi connectivity index (χ3n) is 3.52. The van der Waals surface area contributed by atoms with E-state index in [0.29, 0.717) is 13.0 Å². The number of hydrogen-bond acceptors (Lipinski definition) is 3. The molecule has 0 bridgehead atoms. The van der Waals surface area contributed by atoms with Gasteiger partial charge >= 0.3 is 0 Å². The van der Waals surface area contributed by atoms with Crippen LogP contribution in [0.5, 0.6) is 0 Å². The van der Waals surface area contributed by atoms with Crippen molar-refractivity contribution in [3.05, 3.63) is 21.9 Å². The van der Waals surface area contributed by atoms with Crippen LogP contribution in [0.15, 0.2) is 12.1 Å². The lowest BCUT2D eigenvalue weighted by atomic mass is 10.2. The second-order valence-corrected chi connectivity index (χ2v) is 6.50. The lowest BCUT2D eigenvalue weighted by molar-refractivity contribution is -0.121. The van der Waals surface area contributed by atoms with Crippen LogP contribution < -0.4 is 5.32 Å². The Labute approximate surface area is 124 Å². The molecule has 0 unspecified atom stereocenters. The van der Waals surface area contributed by atoms with Gasteiger partial charge in [-0.2, -0.15) is 0 Å². The average Bonchev–Trinajstić information content (AvgIpc) is 2.84. The van der Waals surface area contributed by atoms with Gasteiger partial charge in [-0.1, -0.05) is 12.8 Å². The monoisotopic (exact) mass is 294 g/mol. The van der Waals surface area contributed by atoms with E-state index in [2.05, 4.69) is 5.32 Å². The molecule has 1 aromatic heterocycles. The van der Waals surface area contributed by atoms with Crippen LogP contribution in [0.3, 0.4) is 0 Å². The fraction of sp³-hybridized carbons (Fsp3) is 0.600. The van der Waals surface area contributed by atoms with E-state index >= 15 is 0 Å². The Morgan fingerprint density at radius 3 is 2.75 bits per heavy atom. The van der Waals surface area contributed by atoms with E-state index in [0.717, 1.165) is 48.5 Å². The van der Waals surface area contributed by atoms with Crippen molar-refractivity contribution < 1.29 is 9.59 Å². The maximum Gasteiger partial charge on any atom is 0.263 e. The summed E-state index contributed by atoms with van der Waals surface area (Å²) in [6.07, 6.45) is 4.67. The van der Waals surface area contributed by atoms with Crippen LogP contribution >= 0.6 is 11.3 Å². The van der Waals surface area contributed by atoms with Gasteiger partial charge in [0, 0.05) is 30.9 Å². The van der Waals surface area contributed by atoms with Gasteiger partial charge in [0.15, 0.2) is 0 Å². The van der Waals surface area contributed by atoms with Crippen molar-refractivity contribution in [3.63, 3.8) is 0 Å². The third-order valence-corrected chi connectivity index (χ3v) is 4.51. The molecule has 1 saturated heterocycles. The first kappa shape index (κ1) is 15.0. The first-order valence-corrected chi connectivity index (χ1v) is 8.11. The number of nitrogens with one attached hydrogen (secondary N) is 1. The summed E-state index contributed by atoms with van der Waals surface area (Å²) in [5.74, 6) is 0.113. The van der Waals surface area contributed by atoms with Crippen LogP contribution in [0.4, 0.5) is 0 Å². The molecule has 110 valence electrons. The van der Waals surface area contributed by atoms with Crippen LogP contribution in [0.25, 0.3) is 0 Å². The highest BCUT2D eigenvalue weighted by Gasteiger charge is 2.18. The Hall–Kier alpha value is -1.36. The highest BCUT2D eigenvalue weighted by molar-refractivity contribution is 7.13. The molecule has 4 nitrogen and oxygen atoms in total. The summed E-state index contributed by atoms with van der Waals surface area (Å²) in [5.41, 5.74) is 0.